The summed E-state index contributed by atoms with van der Waals surface area (Å²) in [4.78, 5) is 30.3. The van der Waals surface area contributed by atoms with E-state index in [1.165, 1.54) is 0 Å². The van der Waals surface area contributed by atoms with Gasteiger partial charge in [-0.25, -0.2) is 27.3 Å². The molecular formula is C27H32F3N7O3. The quantitative estimate of drug-likeness (QED) is 0.376. The molecule has 3 aliphatic carbocycles. The van der Waals surface area contributed by atoms with Crippen LogP contribution in [0.1, 0.15) is 97.3 Å². The third-order valence-corrected chi connectivity index (χ3v) is 8.34. The molecule has 0 spiro atoms. The third-order valence-electron chi connectivity index (χ3n) is 8.34. The van der Waals surface area contributed by atoms with E-state index in [1.54, 1.807) is 29.9 Å². The van der Waals surface area contributed by atoms with Gasteiger partial charge in [-0.05, 0) is 73.6 Å². The van der Waals surface area contributed by atoms with Crippen molar-refractivity contribution in [2.75, 3.05) is 0 Å². The van der Waals surface area contributed by atoms with E-state index >= 15 is 0 Å². The first kappa shape index (κ1) is 26.7. The van der Waals surface area contributed by atoms with Crippen LogP contribution in [0.25, 0.3) is 5.65 Å². The molecule has 13 heteroatoms. The van der Waals surface area contributed by atoms with Crippen molar-refractivity contribution in [3.05, 3.63) is 41.1 Å². The van der Waals surface area contributed by atoms with E-state index in [0.717, 1.165) is 31.2 Å². The number of alkyl halides is 3. The van der Waals surface area contributed by atoms with Crippen LogP contribution in [-0.2, 0) is 4.79 Å². The number of aryl methyl sites for hydroxylation is 1. The van der Waals surface area contributed by atoms with E-state index in [2.05, 4.69) is 30.7 Å². The Bertz CT molecular complexity index is 1390. The summed E-state index contributed by atoms with van der Waals surface area (Å²) in [5, 5.41) is 17.6. The van der Waals surface area contributed by atoms with Gasteiger partial charge in [-0.15, -0.1) is 0 Å². The zero-order chi connectivity index (χ0) is 28.0. The minimum Gasteiger partial charge on any atom is -0.346 e. The van der Waals surface area contributed by atoms with Crippen LogP contribution in [-0.4, -0.2) is 48.8 Å². The second kappa shape index (κ2) is 10.5. The monoisotopic (exact) mass is 559 g/mol. The van der Waals surface area contributed by atoms with Crippen LogP contribution in [0.4, 0.5) is 13.2 Å². The summed E-state index contributed by atoms with van der Waals surface area (Å²) < 4.78 is 48.6. The van der Waals surface area contributed by atoms with Gasteiger partial charge in [0, 0.05) is 12.8 Å². The Kier molecular flexibility index (Phi) is 6.99. The molecule has 3 heterocycles. The van der Waals surface area contributed by atoms with Gasteiger partial charge in [0.1, 0.15) is 5.69 Å². The van der Waals surface area contributed by atoms with Crippen molar-refractivity contribution in [2.24, 2.45) is 17.8 Å². The van der Waals surface area contributed by atoms with Crippen LogP contribution in [0.15, 0.2) is 23.1 Å². The van der Waals surface area contributed by atoms with E-state index in [4.69, 9.17) is 4.98 Å². The fourth-order valence-electron chi connectivity index (χ4n) is 5.61. The number of halogens is 3. The molecule has 3 atom stereocenters. The molecule has 3 saturated carbocycles. The fraction of sp³-hybridized carbons (Fsp3) is 0.630. The highest BCUT2D eigenvalue weighted by Crippen LogP contribution is 2.43. The maximum Gasteiger partial charge on any atom is 0.276 e. The molecule has 0 bridgehead atoms. The van der Waals surface area contributed by atoms with Crippen molar-refractivity contribution in [3.8, 4) is 0 Å². The van der Waals surface area contributed by atoms with Crippen LogP contribution in [0, 0.1) is 24.7 Å². The Morgan fingerprint density at radius 2 is 1.80 bits per heavy atom. The van der Waals surface area contributed by atoms with Crippen molar-refractivity contribution >= 4 is 17.5 Å². The lowest BCUT2D eigenvalue weighted by molar-refractivity contribution is -0.127. The molecule has 0 radical (unpaired) electrons. The number of imidazole rings is 1. The molecule has 0 aliphatic heterocycles. The van der Waals surface area contributed by atoms with Crippen LogP contribution in [0.5, 0.6) is 0 Å². The van der Waals surface area contributed by atoms with Gasteiger partial charge >= 0.3 is 0 Å². The number of nitrogens with one attached hydrogen (secondary N) is 2. The first-order valence-electron chi connectivity index (χ1n) is 13.9. The maximum absolute atomic E-state index is 14.5. The van der Waals surface area contributed by atoms with Gasteiger partial charge in [0.25, 0.3) is 11.8 Å². The molecule has 3 aromatic heterocycles. The Hall–Kier alpha value is -3.51. The lowest BCUT2D eigenvalue weighted by Crippen LogP contribution is -2.37. The average molecular weight is 560 g/mol. The summed E-state index contributed by atoms with van der Waals surface area (Å²) in [7, 11) is 0. The van der Waals surface area contributed by atoms with Gasteiger partial charge in [-0.1, -0.05) is 18.0 Å². The van der Waals surface area contributed by atoms with Crippen LogP contribution in [0.3, 0.4) is 0 Å². The SMILES string of the molecule is Cc1nonc1C(=O)NC(c1cn2ncc(C(NC(=O)[C@@H](F)CC3CC3)C3CC3)cc2n1)C1CCC(F)(F)CC1. The highest BCUT2D eigenvalue weighted by atomic mass is 19.3. The summed E-state index contributed by atoms with van der Waals surface area (Å²) in [5.41, 5.74) is 2.01. The van der Waals surface area contributed by atoms with Crippen molar-refractivity contribution in [2.45, 2.75) is 88.9 Å². The molecule has 0 saturated heterocycles. The first-order chi connectivity index (χ1) is 19.2. The largest absolute Gasteiger partial charge is 0.346 e. The number of carbonyl (C=O) groups is 2. The number of amides is 2. The van der Waals surface area contributed by atoms with Crippen molar-refractivity contribution < 1.29 is 27.4 Å². The van der Waals surface area contributed by atoms with Crippen LogP contribution in [0.2, 0.25) is 0 Å². The summed E-state index contributed by atoms with van der Waals surface area (Å²) in [6.45, 7) is 1.59. The lowest BCUT2D eigenvalue weighted by Gasteiger charge is -2.33. The molecule has 3 aromatic rings. The van der Waals surface area contributed by atoms with Crippen molar-refractivity contribution in [3.63, 3.8) is 0 Å². The summed E-state index contributed by atoms with van der Waals surface area (Å²) in [6.07, 6.45) is 5.70. The third kappa shape index (κ3) is 5.83. The summed E-state index contributed by atoms with van der Waals surface area (Å²) in [5.74, 6) is -3.63. The zero-order valence-electron chi connectivity index (χ0n) is 22.2. The Labute approximate surface area is 228 Å². The molecule has 3 fully saturated rings. The number of rotatable bonds is 10. The second-order valence-corrected chi connectivity index (χ2v) is 11.6. The number of aromatic nitrogens is 5. The van der Waals surface area contributed by atoms with E-state index in [9.17, 15) is 22.8 Å². The van der Waals surface area contributed by atoms with E-state index in [-0.39, 0.29) is 55.7 Å². The molecule has 214 valence electrons. The van der Waals surface area contributed by atoms with E-state index < -0.39 is 30.0 Å². The Morgan fingerprint density at radius 3 is 2.45 bits per heavy atom. The van der Waals surface area contributed by atoms with E-state index in [1.807, 2.05) is 0 Å². The van der Waals surface area contributed by atoms with Gasteiger partial charge in [0.05, 0.1) is 30.2 Å². The van der Waals surface area contributed by atoms with Crippen molar-refractivity contribution in [1.29, 1.82) is 0 Å². The summed E-state index contributed by atoms with van der Waals surface area (Å²) >= 11 is 0. The molecule has 10 nitrogen and oxygen atoms in total. The first-order valence-corrected chi connectivity index (χ1v) is 13.9. The van der Waals surface area contributed by atoms with Gasteiger partial charge in [-0.3, -0.25) is 9.59 Å². The molecule has 40 heavy (non-hydrogen) atoms. The van der Waals surface area contributed by atoms with Crippen LogP contribution < -0.4 is 10.6 Å². The number of fused-ring (bicyclic) bond motifs is 1. The molecule has 2 unspecified atom stereocenters. The zero-order valence-corrected chi connectivity index (χ0v) is 22.2. The molecule has 6 rings (SSSR count). The topological polar surface area (TPSA) is 127 Å². The van der Waals surface area contributed by atoms with Gasteiger partial charge in [0.15, 0.2) is 17.5 Å². The minimum atomic E-state index is -2.73. The normalized spacial score (nSPS) is 21.6. The summed E-state index contributed by atoms with van der Waals surface area (Å²) in [6, 6.07) is 0.757. The standard InChI is InChI=1S/C27H32F3N7O3/c1-14-22(36-40-35-14)26(39)34-24(17-6-8-27(29,30)9-7-17)20-13-37-21(32-20)11-18(12-31-37)23(16-4-5-16)33-25(38)19(28)10-15-2-3-15/h11-13,15-17,19,23-24H,2-10H2,1H3,(H,33,38)(H,34,39)/t19-,23?,24?/m0/s1. The van der Waals surface area contributed by atoms with Gasteiger partial charge in [0.2, 0.25) is 5.92 Å². The average Bonchev–Trinajstić information content (AvgIpc) is 3.84. The van der Waals surface area contributed by atoms with Gasteiger partial charge in [-0.2, -0.15) is 5.10 Å². The van der Waals surface area contributed by atoms with E-state index in [0.29, 0.717) is 23.0 Å². The highest BCUT2D eigenvalue weighted by molar-refractivity contribution is 5.93. The minimum absolute atomic E-state index is 0.0196. The molecular weight excluding hydrogens is 527 g/mol. The Morgan fingerprint density at radius 1 is 1.07 bits per heavy atom. The second-order valence-electron chi connectivity index (χ2n) is 11.6. The smallest absolute Gasteiger partial charge is 0.276 e. The number of hydrogen-bond acceptors (Lipinski definition) is 7. The molecule has 3 aliphatic rings. The van der Waals surface area contributed by atoms with Crippen LogP contribution >= 0.6 is 0 Å². The molecule has 0 aromatic carbocycles. The van der Waals surface area contributed by atoms with Crippen molar-refractivity contribution in [1.82, 2.24) is 35.5 Å². The fourth-order valence-corrected chi connectivity index (χ4v) is 5.61. The molecule has 2 N–H and O–H groups in total. The maximum atomic E-state index is 14.5. The Balaban J connectivity index is 1.25. The predicted octanol–water partition coefficient (Wildman–Crippen LogP) is 4.42. The molecule has 2 amide bonds. The number of nitrogens with zero attached hydrogens (tertiary/aromatic N) is 5. The number of carbonyl (C=O) groups excluding carboxylic acids is 2. The highest BCUT2D eigenvalue weighted by Gasteiger charge is 2.40. The van der Waals surface area contributed by atoms with Gasteiger partial charge < -0.3 is 10.6 Å². The number of hydrogen-bond donors (Lipinski definition) is 2. The predicted molar refractivity (Wildman–Crippen MR) is 135 cm³/mol. The lowest BCUT2D eigenvalue weighted by atomic mass is 9.81.